The fourth-order valence-electron chi connectivity index (χ4n) is 9.27. The monoisotopic (exact) mass is 448 g/mol. The fourth-order valence-corrected chi connectivity index (χ4v) is 9.27. The first-order chi connectivity index (χ1) is 14.9. The number of hydrogen-bond donors (Lipinski definition) is 4. The Morgan fingerprint density at radius 2 is 1.53 bits per heavy atom. The average Bonchev–Trinajstić information content (AvgIpc) is 3.09. The number of hydrogen-bond acceptors (Lipinski definition) is 4. The minimum absolute atomic E-state index is 0.0469. The highest BCUT2D eigenvalue weighted by Gasteiger charge is 2.61. The molecule has 0 bridgehead atoms. The van der Waals surface area contributed by atoms with Crippen LogP contribution in [0.25, 0.3) is 0 Å². The van der Waals surface area contributed by atoms with Gasteiger partial charge in [0.15, 0.2) is 0 Å². The summed E-state index contributed by atoms with van der Waals surface area (Å²) in [6, 6.07) is 0. The molecule has 4 fully saturated rings. The van der Waals surface area contributed by atoms with Crippen molar-refractivity contribution in [2.45, 2.75) is 110 Å². The molecule has 0 aliphatic heterocycles. The van der Waals surface area contributed by atoms with Crippen LogP contribution in [0.3, 0.4) is 0 Å². The first-order valence-corrected chi connectivity index (χ1v) is 13.3. The summed E-state index contributed by atoms with van der Waals surface area (Å²) in [5.74, 6) is 3.13. The lowest BCUT2D eigenvalue weighted by molar-refractivity contribution is -0.162. The van der Waals surface area contributed by atoms with E-state index in [1.807, 2.05) is 13.8 Å². The molecule has 184 valence electrons. The number of fused-ring (bicyclic) bond motifs is 5. The number of aliphatic hydroxyl groups is 4. The molecule has 0 aromatic heterocycles. The Morgan fingerprint density at radius 1 is 0.875 bits per heavy atom. The van der Waals surface area contributed by atoms with Crippen LogP contribution in [0.1, 0.15) is 86.0 Å². The van der Waals surface area contributed by atoms with Gasteiger partial charge >= 0.3 is 0 Å². The van der Waals surface area contributed by atoms with Gasteiger partial charge in [0.05, 0.1) is 18.3 Å². The molecule has 0 unspecified atom stereocenters. The van der Waals surface area contributed by atoms with Crippen molar-refractivity contribution in [3.8, 4) is 0 Å². The van der Waals surface area contributed by atoms with Gasteiger partial charge in [-0.1, -0.05) is 41.2 Å². The molecule has 4 nitrogen and oxygen atoms in total. The first kappa shape index (κ1) is 24.7. The van der Waals surface area contributed by atoms with Gasteiger partial charge in [0, 0.05) is 0 Å². The molecule has 4 saturated carbocycles. The minimum Gasteiger partial charge on any atom is -0.390 e. The summed E-state index contributed by atoms with van der Waals surface area (Å²) in [6.07, 6.45) is 5.87. The third kappa shape index (κ3) is 3.72. The van der Waals surface area contributed by atoms with Crippen molar-refractivity contribution >= 4 is 0 Å². The maximum atomic E-state index is 11.1. The Hall–Kier alpha value is -0.420. The molecule has 0 amide bonds. The van der Waals surface area contributed by atoms with Gasteiger partial charge in [0.25, 0.3) is 0 Å². The maximum Gasteiger partial charge on any atom is 0.101 e. The van der Waals surface area contributed by atoms with Crippen molar-refractivity contribution in [1.29, 1.82) is 0 Å². The van der Waals surface area contributed by atoms with Crippen LogP contribution in [0.2, 0.25) is 0 Å². The third-order valence-corrected chi connectivity index (χ3v) is 11.4. The van der Waals surface area contributed by atoms with Crippen molar-refractivity contribution in [1.82, 2.24) is 0 Å². The van der Waals surface area contributed by atoms with Gasteiger partial charge in [-0.3, -0.25) is 0 Å². The Kier molecular flexibility index (Phi) is 6.68. The molecular formula is C28H48O4. The van der Waals surface area contributed by atoms with Crippen LogP contribution in [-0.4, -0.2) is 44.8 Å². The van der Waals surface area contributed by atoms with E-state index in [0.717, 1.165) is 24.8 Å². The summed E-state index contributed by atoms with van der Waals surface area (Å²) in [7, 11) is 0. The quantitative estimate of drug-likeness (QED) is 0.465. The van der Waals surface area contributed by atoms with Gasteiger partial charge < -0.3 is 20.4 Å². The summed E-state index contributed by atoms with van der Waals surface area (Å²) in [5.41, 5.74) is 1.07. The largest absolute Gasteiger partial charge is 0.390 e. The number of aliphatic hydroxyl groups excluding tert-OH is 4. The van der Waals surface area contributed by atoms with E-state index in [4.69, 9.17) is 0 Å². The van der Waals surface area contributed by atoms with Gasteiger partial charge in [0.1, 0.15) is 6.10 Å². The second kappa shape index (κ2) is 8.66. The molecule has 4 aliphatic rings. The van der Waals surface area contributed by atoms with Gasteiger partial charge in [-0.15, -0.1) is 0 Å². The molecule has 4 N–H and O–H groups in total. The van der Waals surface area contributed by atoms with Crippen LogP contribution in [0.15, 0.2) is 12.2 Å². The van der Waals surface area contributed by atoms with E-state index in [9.17, 15) is 20.4 Å². The summed E-state index contributed by atoms with van der Waals surface area (Å²) in [4.78, 5) is 0. The highest BCUT2D eigenvalue weighted by molar-refractivity contribution is 5.13. The normalized spacial score (nSPS) is 49.0. The van der Waals surface area contributed by atoms with E-state index >= 15 is 0 Å². The Labute approximate surface area is 195 Å². The van der Waals surface area contributed by atoms with E-state index in [1.54, 1.807) is 0 Å². The van der Waals surface area contributed by atoms with Crippen molar-refractivity contribution in [2.24, 2.45) is 52.3 Å². The van der Waals surface area contributed by atoms with Crippen LogP contribution in [-0.2, 0) is 0 Å². The van der Waals surface area contributed by atoms with Crippen LogP contribution in [0, 0.1) is 52.3 Å². The maximum absolute atomic E-state index is 11.1. The van der Waals surface area contributed by atoms with Crippen LogP contribution in [0.5, 0.6) is 0 Å². The molecule has 0 radical (unpaired) electrons. The second-order valence-corrected chi connectivity index (χ2v) is 13.0. The SMILES string of the molecule is C=C(C(C)C)[C@@H](O)[C@H](O)[C@@H](C)[C@H]1CC[C@H]2[C@@H]3CC[C@H]4C[C@H](O)[C@H](O)C[C@]4(C)[C@@H]3CC[C@]12C. The lowest BCUT2D eigenvalue weighted by atomic mass is 9.44. The predicted octanol–water partition coefficient (Wildman–Crippen LogP) is 4.55. The van der Waals surface area contributed by atoms with E-state index in [2.05, 4.69) is 27.4 Å². The van der Waals surface area contributed by atoms with Crippen molar-refractivity contribution in [3.05, 3.63) is 12.2 Å². The summed E-state index contributed by atoms with van der Waals surface area (Å²) >= 11 is 0. The average molecular weight is 449 g/mol. The summed E-state index contributed by atoms with van der Waals surface area (Å²) in [5, 5.41) is 42.7. The second-order valence-electron chi connectivity index (χ2n) is 13.0. The summed E-state index contributed by atoms with van der Waals surface area (Å²) in [6.45, 7) is 15.1. The first-order valence-electron chi connectivity index (χ1n) is 13.3. The molecule has 0 heterocycles. The number of rotatable bonds is 5. The Balaban J connectivity index is 1.52. The Morgan fingerprint density at radius 3 is 2.19 bits per heavy atom. The molecule has 4 heteroatoms. The van der Waals surface area contributed by atoms with E-state index < -0.39 is 24.4 Å². The standard InChI is InChI=1S/C28H48O4/c1-15(2)16(3)25(31)26(32)17(4)20-9-10-21-19-8-7-18-13-23(29)24(30)14-28(18,6)22(19)11-12-27(20,21)5/h15,17-26,29-32H,3,7-14H2,1-2,4-6H3/t17-,18-,19-,20+,21-,22+,23-,24+,25+,26+,27+,28-/m0/s1. The molecule has 32 heavy (non-hydrogen) atoms. The lowest BCUT2D eigenvalue weighted by Gasteiger charge is -2.61. The van der Waals surface area contributed by atoms with Crippen LogP contribution < -0.4 is 0 Å². The highest BCUT2D eigenvalue weighted by Crippen LogP contribution is 2.68. The molecule has 0 saturated heterocycles. The Bertz CT molecular complexity index is 706. The van der Waals surface area contributed by atoms with Gasteiger partial charge in [-0.25, -0.2) is 0 Å². The van der Waals surface area contributed by atoms with Crippen molar-refractivity contribution in [3.63, 3.8) is 0 Å². The van der Waals surface area contributed by atoms with E-state index in [0.29, 0.717) is 29.6 Å². The van der Waals surface area contributed by atoms with E-state index in [1.165, 1.54) is 32.1 Å². The van der Waals surface area contributed by atoms with Gasteiger partial charge in [0.2, 0.25) is 0 Å². The van der Waals surface area contributed by atoms with Crippen molar-refractivity contribution in [2.75, 3.05) is 0 Å². The lowest BCUT2D eigenvalue weighted by Crippen LogP contribution is -2.57. The van der Waals surface area contributed by atoms with Crippen LogP contribution >= 0.6 is 0 Å². The third-order valence-electron chi connectivity index (χ3n) is 11.4. The van der Waals surface area contributed by atoms with Crippen molar-refractivity contribution < 1.29 is 20.4 Å². The predicted molar refractivity (Wildman–Crippen MR) is 128 cm³/mol. The summed E-state index contributed by atoms with van der Waals surface area (Å²) < 4.78 is 0. The van der Waals surface area contributed by atoms with E-state index in [-0.39, 0.29) is 22.7 Å². The van der Waals surface area contributed by atoms with Gasteiger partial charge in [-0.05, 0) is 109 Å². The fraction of sp³-hybridized carbons (Fsp3) is 0.929. The molecule has 4 aliphatic carbocycles. The van der Waals surface area contributed by atoms with Gasteiger partial charge in [-0.2, -0.15) is 0 Å². The zero-order valence-electron chi connectivity index (χ0n) is 21.0. The zero-order chi connectivity index (χ0) is 23.6. The topological polar surface area (TPSA) is 80.9 Å². The molecule has 4 rings (SSSR count). The minimum atomic E-state index is -0.853. The molecular weight excluding hydrogens is 400 g/mol. The molecule has 12 atom stereocenters. The molecule has 0 aromatic rings. The smallest absolute Gasteiger partial charge is 0.101 e. The van der Waals surface area contributed by atoms with Crippen LogP contribution in [0.4, 0.5) is 0 Å². The highest BCUT2D eigenvalue weighted by atomic mass is 16.3. The molecule has 0 spiro atoms. The zero-order valence-corrected chi connectivity index (χ0v) is 21.0. The molecule has 0 aromatic carbocycles.